The smallest absolute Gasteiger partial charge is 0.243 e. The Balaban J connectivity index is 1.27. The van der Waals surface area contributed by atoms with E-state index in [9.17, 15) is 18.4 Å². The minimum Gasteiger partial charge on any atom is -0.327 e. The monoisotopic (exact) mass is 541 g/mol. The number of carbonyl (C=O) groups excluding carboxylic acids is 2. The van der Waals surface area contributed by atoms with Crippen LogP contribution in [0.25, 0.3) is 6.08 Å². The fourth-order valence-corrected chi connectivity index (χ4v) is 6.54. The zero-order chi connectivity index (χ0) is 28.4. The molecule has 1 spiro atoms. The molecule has 0 bridgehead atoms. The van der Waals surface area contributed by atoms with Crippen molar-refractivity contribution in [3.8, 4) is 0 Å². The van der Waals surface area contributed by atoms with Crippen LogP contribution in [0.3, 0.4) is 0 Å². The Kier molecular flexibility index (Phi) is 5.96. The highest BCUT2D eigenvalue weighted by molar-refractivity contribution is 6.06. The molecule has 3 heterocycles. The first-order valence-electron chi connectivity index (χ1n) is 13.5. The summed E-state index contributed by atoms with van der Waals surface area (Å²) >= 11 is 0. The second-order valence-corrected chi connectivity index (χ2v) is 12.0. The predicted octanol–water partition coefficient (Wildman–Crippen LogP) is 4.83. The standard InChI is InChI=1S/C32H32F2N4O2/c1-30(2)29(40)38(31(3,19-37(30)4)23-14-24(33)16-25(34)15-23)12-6-7-20-9-10-21-17-32(18-22(21)13-20)26-8-5-11-35-27(26)36-28(32)39/h5-11,13-16H,12,17-19H2,1-4H3,(H,35,36,39)/b7-6+/t31-,32+/m0/s1/i4-1. The van der Waals surface area contributed by atoms with Gasteiger partial charge in [0.25, 0.3) is 0 Å². The van der Waals surface area contributed by atoms with E-state index in [0.717, 1.165) is 28.3 Å². The number of halogens is 2. The lowest BCUT2D eigenvalue weighted by atomic mass is 9.79. The fraction of sp³-hybridized carbons (Fsp3) is 0.344. The van der Waals surface area contributed by atoms with E-state index in [1.807, 2.05) is 63.1 Å². The van der Waals surface area contributed by atoms with Gasteiger partial charge >= 0.3 is 0 Å². The van der Waals surface area contributed by atoms with Crippen LogP contribution < -0.4 is 5.32 Å². The van der Waals surface area contributed by atoms with E-state index >= 15 is 0 Å². The van der Waals surface area contributed by atoms with Gasteiger partial charge in [-0.2, -0.15) is 0 Å². The number of likely N-dealkylation sites (N-methyl/N-ethyl adjacent to an activating group) is 1. The third kappa shape index (κ3) is 3.96. The van der Waals surface area contributed by atoms with Gasteiger partial charge in [-0.3, -0.25) is 14.5 Å². The van der Waals surface area contributed by atoms with Gasteiger partial charge in [-0.25, -0.2) is 13.8 Å². The van der Waals surface area contributed by atoms with Crippen molar-refractivity contribution in [1.82, 2.24) is 14.8 Å². The second-order valence-electron chi connectivity index (χ2n) is 12.0. The van der Waals surface area contributed by atoms with Gasteiger partial charge < -0.3 is 10.2 Å². The van der Waals surface area contributed by atoms with Crippen molar-refractivity contribution in [1.29, 1.82) is 0 Å². The Morgan fingerprint density at radius 3 is 2.48 bits per heavy atom. The van der Waals surface area contributed by atoms with Crippen LogP contribution in [-0.2, 0) is 33.4 Å². The Labute approximate surface area is 232 Å². The van der Waals surface area contributed by atoms with Gasteiger partial charge in [0, 0.05) is 30.9 Å². The van der Waals surface area contributed by atoms with Gasteiger partial charge in [-0.1, -0.05) is 36.4 Å². The highest BCUT2D eigenvalue weighted by Gasteiger charge is 2.52. The number of pyridine rings is 1. The Morgan fingerprint density at radius 1 is 1.00 bits per heavy atom. The second kappa shape index (κ2) is 9.06. The lowest BCUT2D eigenvalue weighted by Crippen LogP contribution is -2.69. The van der Waals surface area contributed by atoms with Gasteiger partial charge in [0.15, 0.2) is 0 Å². The van der Waals surface area contributed by atoms with Crippen molar-refractivity contribution >= 4 is 23.7 Å². The molecule has 1 fully saturated rings. The summed E-state index contributed by atoms with van der Waals surface area (Å²) in [4.78, 5) is 34.7. The molecule has 0 saturated carbocycles. The van der Waals surface area contributed by atoms with Gasteiger partial charge in [-0.15, -0.1) is 0 Å². The number of hydrogen-bond acceptors (Lipinski definition) is 4. The van der Waals surface area contributed by atoms with Crippen LogP contribution in [0.15, 0.2) is 60.8 Å². The van der Waals surface area contributed by atoms with Gasteiger partial charge in [0.1, 0.15) is 17.5 Å². The van der Waals surface area contributed by atoms with E-state index in [2.05, 4.69) is 22.4 Å². The van der Waals surface area contributed by atoms with Gasteiger partial charge in [-0.05, 0) is 81.1 Å². The number of aromatic nitrogens is 1. The molecular weight excluding hydrogens is 509 g/mol. The number of piperazine rings is 1. The predicted molar refractivity (Wildman–Crippen MR) is 150 cm³/mol. The van der Waals surface area contributed by atoms with E-state index in [-0.39, 0.29) is 18.4 Å². The summed E-state index contributed by atoms with van der Waals surface area (Å²) in [6.07, 6.45) is 6.79. The maximum Gasteiger partial charge on any atom is 0.243 e. The van der Waals surface area contributed by atoms with Crippen molar-refractivity contribution in [2.24, 2.45) is 0 Å². The lowest BCUT2D eigenvalue weighted by molar-refractivity contribution is -0.159. The molecule has 8 heteroatoms. The molecule has 3 aromatic rings. The SMILES string of the molecule is CC1(C)C(=O)N(C/C=C/c2ccc3c(c2)C[C@@]2(C3)C(=O)Nc3ncccc32)[C@](C)(c2cc(F)cc(F)c2)CN1[11CH3]. The zero-order valence-electron chi connectivity index (χ0n) is 23.1. The maximum absolute atomic E-state index is 14.2. The first-order chi connectivity index (χ1) is 18.9. The average Bonchev–Trinajstić information content (AvgIpc) is 3.41. The first kappa shape index (κ1) is 26.3. The van der Waals surface area contributed by atoms with Crippen LogP contribution >= 0.6 is 0 Å². The van der Waals surface area contributed by atoms with Gasteiger partial charge in [0.05, 0.1) is 16.5 Å². The molecule has 0 radical (unpaired) electrons. The summed E-state index contributed by atoms with van der Waals surface area (Å²) in [5, 5.41) is 2.94. The van der Waals surface area contributed by atoms with Crippen molar-refractivity contribution in [2.45, 2.75) is 50.1 Å². The molecule has 0 unspecified atom stereocenters. The van der Waals surface area contributed by atoms with Crippen molar-refractivity contribution in [3.05, 3.63) is 100 Å². The van der Waals surface area contributed by atoms with E-state index in [1.165, 1.54) is 12.1 Å². The summed E-state index contributed by atoms with van der Waals surface area (Å²) in [6, 6.07) is 13.5. The summed E-state index contributed by atoms with van der Waals surface area (Å²) in [7, 11) is 1.86. The van der Waals surface area contributed by atoms with Crippen LogP contribution in [0.4, 0.5) is 14.6 Å². The lowest BCUT2D eigenvalue weighted by Gasteiger charge is -2.54. The molecule has 1 N–H and O–H groups in total. The molecular formula is C32H32F2N4O2. The number of carbonyl (C=O) groups is 2. The molecule has 206 valence electrons. The molecule has 1 aliphatic carbocycles. The molecule has 2 amide bonds. The van der Waals surface area contributed by atoms with Crippen LogP contribution in [0.5, 0.6) is 0 Å². The fourth-order valence-electron chi connectivity index (χ4n) is 6.54. The number of hydrogen-bond donors (Lipinski definition) is 1. The topological polar surface area (TPSA) is 65.5 Å². The molecule has 2 atom stereocenters. The van der Waals surface area contributed by atoms with Crippen LogP contribution in [0.1, 0.15) is 48.6 Å². The van der Waals surface area contributed by atoms with Crippen LogP contribution in [0, 0.1) is 11.6 Å². The molecule has 40 heavy (non-hydrogen) atoms. The average molecular weight is 542 g/mol. The number of benzene rings is 2. The zero-order valence-corrected chi connectivity index (χ0v) is 23.1. The van der Waals surface area contributed by atoms with E-state index in [4.69, 9.17) is 0 Å². The molecule has 1 aromatic heterocycles. The normalized spacial score (nSPS) is 25.5. The quantitative estimate of drug-likeness (QED) is 0.514. The summed E-state index contributed by atoms with van der Waals surface area (Å²) in [6.45, 7) is 6.27. The van der Waals surface area contributed by atoms with Gasteiger partial charge in [0.2, 0.25) is 11.8 Å². The number of anilines is 1. The van der Waals surface area contributed by atoms with E-state index < -0.39 is 28.1 Å². The van der Waals surface area contributed by atoms with Crippen LogP contribution in [-0.4, -0.2) is 52.3 Å². The largest absolute Gasteiger partial charge is 0.327 e. The maximum atomic E-state index is 14.2. The minimum atomic E-state index is -0.934. The summed E-state index contributed by atoms with van der Waals surface area (Å²) < 4.78 is 28.5. The molecule has 6 rings (SSSR count). The summed E-state index contributed by atoms with van der Waals surface area (Å²) in [5.41, 5.74) is 2.24. The third-order valence-corrected chi connectivity index (χ3v) is 9.15. The molecule has 6 nitrogen and oxygen atoms in total. The number of nitrogens with zero attached hydrogens (tertiary/aromatic N) is 3. The molecule has 2 aliphatic heterocycles. The Hall–Kier alpha value is -3.91. The van der Waals surface area contributed by atoms with Crippen LogP contribution in [0.2, 0.25) is 0 Å². The number of rotatable bonds is 4. The first-order valence-corrected chi connectivity index (χ1v) is 13.5. The highest BCUT2D eigenvalue weighted by Crippen LogP contribution is 2.46. The van der Waals surface area contributed by atoms with E-state index in [1.54, 1.807) is 11.1 Å². The number of amides is 2. The highest BCUT2D eigenvalue weighted by atomic mass is 19.1. The Bertz CT molecular complexity index is 1560. The van der Waals surface area contributed by atoms with Crippen molar-refractivity contribution < 1.29 is 18.4 Å². The summed E-state index contributed by atoms with van der Waals surface area (Å²) in [5.74, 6) is -0.831. The molecule has 2 aromatic carbocycles. The third-order valence-electron chi connectivity index (χ3n) is 9.15. The molecule has 1 saturated heterocycles. The number of nitrogens with one attached hydrogen (secondary N) is 1. The molecule has 3 aliphatic rings. The number of fused-ring (bicyclic) bond motifs is 3. The van der Waals surface area contributed by atoms with E-state index in [0.29, 0.717) is 30.8 Å². The van der Waals surface area contributed by atoms with Crippen molar-refractivity contribution in [2.75, 3.05) is 25.5 Å². The minimum absolute atomic E-state index is 0.0150. The van der Waals surface area contributed by atoms with Crippen molar-refractivity contribution in [3.63, 3.8) is 0 Å². The Morgan fingerprint density at radius 2 is 1.73 bits per heavy atom.